The van der Waals surface area contributed by atoms with Crippen molar-refractivity contribution in [3.63, 3.8) is 0 Å². The SMILES string of the molecule is COC(=O)[C@@H](CCC#N)NC(=O)Cc1cc(F)cc(F)c1. The zero-order chi connectivity index (χ0) is 15.8. The summed E-state index contributed by atoms with van der Waals surface area (Å²) < 4.78 is 30.5. The van der Waals surface area contributed by atoms with Crippen LogP contribution in [0, 0.1) is 23.0 Å². The van der Waals surface area contributed by atoms with Gasteiger partial charge in [-0.25, -0.2) is 13.6 Å². The molecule has 1 rings (SSSR count). The number of benzene rings is 1. The quantitative estimate of drug-likeness (QED) is 0.806. The van der Waals surface area contributed by atoms with Gasteiger partial charge >= 0.3 is 5.97 Å². The Labute approximate surface area is 120 Å². The van der Waals surface area contributed by atoms with E-state index in [1.807, 2.05) is 6.07 Å². The van der Waals surface area contributed by atoms with Crippen molar-refractivity contribution < 1.29 is 23.1 Å². The lowest BCUT2D eigenvalue weighted by Crippen LogP contribution is -2.42. The zero-order valence-corrected chi connectivity index (χ0v) is 11.4. The molecule has 7 heteroatoms. The van der Waals surface area contributed by atoms with Crippen LogP contribution in [0.5, 0.6) is 0 Å². The molecular weight excluding hydrogens is 282 g/mol. The predicted octanol–water partition coefficient (Wildman–Crippen LogP) is 1.47. The number of halogens is 2. The van der Waals surface area contributed by atoms with Crippen molar-refractivity contribution in [3.05, 3.63) is 35.4 Å². The van der Waals surface area contributed by atoms with Crippen molar-refractivity contribution in [2.24, 2.45) is 0 Å². The minimum Gasteiger partial charge on any atom is -0.467 e. The van der Waals surface area contributed by atoms with E-state index in [4.69, 9.17) is 5.26 Å². The van der Waals surface area contributed by atoms with Crippen molar-refractivity contribution in [2.45, 2.75) is 25.3 Å². The van der Waals surface area contributed by atoms with E-state index < -0.39 is 29.6 Å². The zero-order valence-electron chi connectivity index (χ0n) is 11.4. The van der Waals surface area contributed by atoms with Gasteiger partial charge in [0, 0.05) is 12.5 Å². The second-order valence-corrected chi connectivity index (χ2v) is 4.29. The summed E-state index contributed by atoms with van der Waals surface area (Å²) in [5, 5.41) is 10.9. The molecule has 0 aliphatic heterocycles. The molecule has 5 nitrogen and oxygen atoms in total. The standard InChI is InChI=1S/C14H14F2N2O3/c1-21-14(20)12(3-2-4-17)18-13(19)7-9-5-10(15)8-11(16)6-9/h5-6,8,12H,2-3,7H2,1H3,(H,18,19)/t12-/m1/s1. The molecule has 0 radical (unpaired) electrons. The van der Waals surface area contributed by atoms with Gasteiger partial charge in [-0.3, -0.25) is 4.79 Å². The number of rotatable bonds is 6. The summed E-state index contributed by atoms with van der Waals surface area (Å²) in [7, 11) is 1.16. The average Bonchev–Trinajstić information content (AvgIpc) is 2.41. The molecule has 0 saturated heterocycles. The highest BCUT2D eigenvalue weighted by Crippen LogP contribution is 2.09. The monoisotopic (exact) mass is 296 g/mol. The molecular formula is C14H14F2N2O3. The number of carbonyl (C=O) groups excluding carboxylic acids is 2. The van der Waals surface area contributed by atoms with Crippen LogP contribution in [-0.2, 0) is 20.7 Å². The minimum absolute atomic E-state index is 0.0641. The molecule has 1 amide bonds. The van der Waals surface area contributed by atoms with E-state index in [0.717, 1.165) is 19.2 Å². The Morgan fingerprint density at radius 1 is 1.33 bits per heavy atom. The second kappa shape index (κ2) is 7.94. The van der Waals surface area contributed by atoms with Gasteiger partial charge in [-0.2, -0.15) is 5.26 Å². The number of carbonyl (C=O) groups is 2. The Morgan fingerprint density at radius 3 is 2.48 bits per heavy atom. The van der Waals surface area contributed by atoms with Crippen molar-refractivity contribution >= 4 is 11.9 Å². The molecule has 0 heterocycles. The third-order valence-corrected chi connectivity index (χ3v) is 2.65. The molecule has 21 heavy (non-hydrogen) atoms. The van der Waals surface area contributed by atoms with Crippen LogP contribution in [0.1, 0.15) is 18.4 Å². The van der Waals surface area contributed by atoms with Crippen LogP contribution in [0.15, 0.2) is 18.2 Å². The lowest BCUT2D eigenvalue weighted by Gasteiger charge is -2.15. The largest absolute Gasteiger partial charge is 0.467 e. The maximum Gasteiger partial charge on any atom is 0.328 e. The Balaban J connectivity index is 2.69. The van der Waals surface area contributed by atoms with E-state index in [0.29, 0.717) is 6.07 Å². The van der Waals surface area contributed by atoms with Crippen LogP contribution in [0.2, 0.25) is 0 Å². The third kappa shape index (κ3) is 5.57. The first-order chi connectivity index (χ1) is 9.96. The predicted molar refractivity (Wildman–Crippen MR) is 68.9 cm³/mol. The number of ether oxygens (including phenoxy) is 1. The van der Waals surface area contributed by atoms with Gasteiger partial charge < -0.3 is 10.1 Å². The van der Waals surface area contributed by atoms with E-state index in [-0.39, 0.29) is 24.8 Å². The van der Waals surface area contributed by atoms with E-state index >= 15 is 0 Å². The van der Waals surface area contributed by atoms with Gasteiger partial charge in [0.15, 0.2) is 0 Å². The summed E-state index contributed by atoms with van der Waals surface area (Å²) in [5.41, 5.74) is 0.147. The first-order valence-electron chi connectivity index (χ1n) is 6.15. The molecule has 0 unspecified atom stereocenters. The number of esters is 1. The van der Waals surface area contributed by atoms with E-state index in [2.05, 4.69) is 10.1 Å². The Kier molecular flexibility index (Phi) is 6.27. The van der Waals surface area contributed by atoms with E-state index in [1.54, 1.807) is 0 Å². The minimum atomic E-state index is -0.958. The van der Waals surface area contributed by atoms with Gasteiger partial charge in [0.25, 0.3) is 0 Å². The lowest BCUT2D eigenvalue weighted by atomic mass is 10.1. The summed E-state index contributed by atoms with van der Waals surface area (Å²) in [4.78, 5) is 23.2. The smallest absolute Gasteiger partial charge is 0.328 e. The molecule has 0 aliphatic rings. The van der Waals surface area contributed by atoms with Gasteiger partial charge in [-0.05, 0) is 24.1 Å². The van der Waals surface area contributed by atoms with Gasteiger partial charge in [-0.1, -0.05) is 0 Å². The molecule has 0 aromatic heterocycles. The third-order valence-electron chi connectivity index (χ3n) is 2.65. The molecule has 0 bridgehead atoms. The molecule has 1 atom stereocenters. The van der Waals surface area contributed by atoms with Crippen molar-refractivity contribution in [1.82, 2.24) is 5.32 Å². The summed E-state index contributed by atoms with van der Waals surface area (Å²) in [5.74, 6) is -2.84. The lowest BCUT2D eigenvalue weighted by molar-refractivity contribution is -0.145. The normalized spacial score (nSPS) is 11.3. The fourth-order valence-corrected chi connectivity index (χ4v) is 1.74. The fourth-order valence-electron chi connectivity index (χ4n) is 1.74. The van der Waals surface area contributed by atoms with Crippen LogP contribution >= 0.6 is 0 Å². The van der Waals surface area contributed by atoms with Gasteiger partial charge in [0.05, 0.1) is 19.6 Å². The van der Waals surface area contributed by atoms with Crippen molar-refractivity contribution in [3.8, 4) is 6.07 Å². The summed E-state index contributed by atoms with van der Waals surface area (Å²) in [6.45, 7) is 0. The number of hydrogen-bond acceptors (Lipinski definition) is 4. The molecule has 0 fully saturated rings. The second-order valence-electron chi connectivity index (χ2n) is 4.29. The van der Waals surface area contributed by atoms with Crippen LogP contribution in [-0.4, -0.2) is 25.0 Å². The highest BCUT2D eigenvalue weighted by atomic mass is 19.1. The highest BCUT2D eigenvalue weighted by molar-refractivity contribution is 5.85. The molecule has 0 aliphatic carbocycles. The van der Waals surface area contributed by atoms with Crippen molar-refractivity contribution in [1.29, 1.82) is 5.26 Å². The van der Waals surface area contributed by atoms with Crippen LogP contribution in [0.3, 0.4) is 0 Å². The Morgan fingerprint density at radius 2 is 1.95 bits per heavy atom. The molecule has 1 aromatic carbocycles. The first-order valence-corrected chi connectivity index (χ1v) is 6.15. The van der Waals surface area contributed by atoms with Crippen molar-refractivity contribution in [2.75, 3.05) is 7.11 Å². The summed E-state index contributed by atoms with van der Waals surface area (Å²) in [6, 6.07) is 3.66. The summed E-state index contributed by atoms with van der Waals surface area (Å²) >= 11 is 0. The molecule has 0 spiro atoms. The number of nitrogens with one attached hydrogen (secondary N) is 1. The van der Waals surface area contributed by atoms with Crippen LogP contribution < -0.4 is 5.32 Å². The van der Waals surface area contributed by atoms with Gasteiger partial charge in [0.2, 0.25) is 5.91 Å². The molecule has 0 saturated carbocycles. The topological polar surface area (TPSA) is 79.2 Å². The van der Waals surface area contributed by atoms with E-state index in [1.165, 1.54) is 0 Å². The summed E-state index contributed by atoms with van der Waals surface area (Å²) in [6.07, 6.45) is -0.115. The van der Waals surface area contributed by atoms with Crippen LogP contribution in [0.25, 0.3) is 0 Å². The number of amides is 1. The number of nitriles is 1. The Hall–Kier alpha value is -2.49. The average molecular weight is 296 g/mol. The number of hydrogen-bond donors (Lipinski definition) is 1. The number of methoxy groups -OCH3 is 1. The molecule has 1 N–H and O–H groups in total. The van der Waals surface area contributed by atoms with Crippen LogP contribution in [0.4, 0.5) is 8.78 Å². The maximum atomic E-state index is 13.0. The highest BCUT2D eigenvalue weighted by Gasteiger charge is 2.21. The Bertz CT molecular complexity index is 550. The maximum absolute atomic E-state index is 13.0. The fraction of sp³-hybridized carbons (Fsp3) is 0.357. The molecule has 112 valence electrons. The van der Waals surface area contributed by atoms with Gasteiger partial charge in [-0.15, -0.1) is 0 Å². The first kappa shape index (κ1) is 16.6. The molecule has 1 aromatic rings. The number of nitrogens with zero attached hydrogens (tertiary/aromatic N) is 1. The van der Waals surface area contributed by atoms with E-state index in [9.17, 15) is 18.4 Å². The van der Waals surface area contributed by atoms with Gasteiger partial charge in [0.1, 0.15) is 17.7 Å².